The van der Waals surface area contributed by atoms with Crippen LogP contribution >= 0.6 is 0 Å². The van der Waals surface area contributed by atoms with Crippen molar-refractivity contribution in [2.45, 2.75) is 33.7 Å². The zero-order valence-electron chi connectivity index (χ0n) is 16.8. The molecule has 1 aliphatic rings. The van der Waals surface area contributed by atoms with Crippen molar-refractivity contribution in [1.82, 2.24) is 9.55 Å². The second-order valence-corrected chi connectivity index (χ2v) is 6.96. The molecule has 2 N–H and O–H groups in total. The molecule has 7 nitrogen and oxygen atoms in total. The SMILES string of the molecule is CN=C1CC(=C(c2[nH]c(C)c(C#N)c2C)c2cccn2CC(=O)O)C(C)=C1C#N. The molecule has 3 rings (SSSR count). The second-order valence-electron chi connectivity index (χ2n) is 6.96. The Balaban J connectivity index is 2.39. The minimum Gasteiger partial charge on any atom is -0.480 e. The number of aromatic nitrogens is 2. The summed E-state index contributed by atoms with van der Waals surface area (Å²) in [5, 5.41) is 28.5. The Morgan fingerprint density at radius 1 is 1.31 bits per heavy atom. The van der Waals surface area contributed by atoms with Gasteiger partial charge in [-0.05, 0) is 49.6 Å². The van der Waals surface area contributed by atoms with Crippen molar-refractivity contribution in [2.24, 2.45) is 4.99 Å². The highest BCUT2D eigenvalue weighted by molar-refractivity contribution is 6.11. The second kappa shape index (κ2) is 7.65. The number of nitriles is 2. The third kappa shape index (κ3) is 3.28. The third-order valence-electron chi connectivity index (χ3n) is 5.33. The zero-order chi connectivity index (χ0) is 21.3. The van der Waals surface area contributed by atoms with Crippen LogP contribution in [0.25, 0.3) is 5.57 Å². The number of aliphatic carboxylic acids is 1. The van der Waals surface area contributed by atoms with Crippen molar-refractivity contribution in [3.63, 3.8) is 0 Å². The highest BCUT2D eigenvalue weighted by Crippen LogP contribution is 2.40. The van der Waals surface area contributed by atoms with E-state index < -0.39 is 5.97 Å². The van der Waals surface area contributed by atoms with Gasteiger partial charge in [0, 0.05) is 30.9 Å². The first-order valence-electron chi connectivity index (χ1n) is 9.11. The normalized spacial score (nSPS) is 16.8. The number of nitrogens with zero attached hydrogens (tertiary/aromatic N) is 4. The summed E-state index contributed by atoms with van der Waals surface area (Å²) in [5.74, 6) is -0.948. The molecule has 2 aromatic rings. The van der Waals surface area contributed by atoms with Crippen LogP contribution in [0.5, 0.6) is 0 Å². The summed E-state index contributed by atoms with van der Waals surface area (Å²) in [6.07, 6.45) is 2.19. The quantitative estimate of drug-likeness (QED) is 0.834. The largest absolute Gasteiger partial charge is 0.480 e. The molecule has 2 aromatic heterocycles. The fourth-order valence-electron chi connectivity index (χ4n) is 3.90. The van der Waals surface area contributed by atoms with E-state index in [0.717, 1.165) is 33.7 Å². The zero-order valence-corrected chi connectivity index (χ0v) is 16.8. The number of hydrogen-bond acceptors (Lipinski definition) is 4. The molecule has 0 atom stereocenters. The predicted molar refractivity (Wildman–Crippen MR) is 109 cm³/mol. The van der Waals surface area contributed by atoms with Crippen LogP contribution < -0.4 is 0 Å². The molecule has 29 heavy (non-hydrogen) atoms. The Morgan fingerprint density at radius 3 is 2.55 bits per heavy atom. The standard InChI is InChI=1S/C22H21N5O2/c1-12-15(8-18(25-4)17(12)10-24)21(19-6-5-7-27(19)11-20(28)29)22-13(2)16(9-23)14(3)26-22/h5-7,26H,8,11H2,1-4H3,(H,28,29). The Bertz CT molecular complexity index is 1190. The van der Waals surface area contributed by atoms with E-state index in [9.17, 15) is 20.4 Å². The van der Waals surface area contributed by atoms with E-state index in [0.29, 0.717) is 29.0 Å². The van der Waals surface area contributed by atoms with Crippen LogP contribution in [0, 0.1) is 36.5 Å². The Labute approximate surface area is 168 Å². The number of H-pyrrole nitrogens is 1. The molecule has 0 aromatic carbocycles. The van der Waals surface area contributed by atoms with E-state index in [-0.39, 0.29) is 6.54 Å². The maximum absolute atomic E-state index is 11.4. The number of nitrogens with one attached hydrogen (secondary N) is 1. The van der Waals surface area contributed by atoms with Gasteiger partial charge in [0.25, 0.3) is 0 Å². The van der Waals surface area contributed by atoms with Gasteiger partial charge in [-0.2, -0.15) is 10.5 Å². The van der Waals surface area contributed by atoms with Crippen molar-refractivity contribution in [3.8, 4) is 12.1 Å². The first kappa shape index (κ1) is 19.9. The molecule has 1 aliphatic carbocycles. The van der Waals surface area contributed by atoms with E-state index in [4.69, 9.17) is 0 Å². The van der Waals surface area contributed by atoms with Crippen LogP contribution in [0.3, 0.4) is 0 Å². The van der Waals surface area contributed by atoms with Gasteiger partial charge in [-0.15, -0.1) is 0 Å². The number of rotatable bonds is 4. The summed E-state index contributed by atoms with van der Waals surface area (Å²) < 4.78 is 1.66. The van der Waals surface area contributed by atoms with Gasteiger partial charge < -0.3 is 14.7 Å². The van der Waals surface area contributed by atoms with Crippen molar-refractivity contribution < 1.29 is 9.90 Å². The van der Waals surface area contributed by atoms with E-state index in [1.807, 2.05) is 26.8 Å². The van der Waals surface area contributed by atoms with E-state index in [1.165, 1.54) is 0 Å². The van der Waals surface area contributed by atoms with Gasteiger partial charge in [-0.25, -0.2) is 0 Å². The number of hydrogen-bond donors (Lipinski definition) is 2. The number of carbonyl (C=O) groups is 1. The van der Waals surface area contributed by atoms with E-state index >= 15 is 0 Å². The smallest absolute Gasteiger partial charge is 0.323 e. The van der Waals surface area contributed by atoms with Crippen LogP contribution in [0.1, 0.15) is 41.6 Å². The van der Waals surface area contributed by atoms with Crippen LogP contribution in [-0.2, 0) is 11.3 Å². The summed E-state index contributed by atoms with van der Waals surface area (Å²) in [7, 11) is 1.66. The Hall–Kier alpha value is -3.84. The fraction of sp³-hybridized carbons (Fsp3) is 0.273. The summed E-state index contributed by atoms with van der Waals surface area (Å²) in [5.41, 5.74) is 7.34. The molecule has 7 heteroatoms. The van der Waals surface area contributed by atoms with Crippen LogP contribution in [0.15, 0.2) is 40.0 Å². The lowest BCUT2D eigenvalue weighted by molar-refractivity contribution is -0.137. The van der Waals surface area contributed by atoms with Gasteiger partial charge in [0.05, 0.1) is 28.2 Å². The summed E-state index contributed by atoms with van der Waals surface area (Å²) in [6.45, 7) is 5.40. The lowest BCUT2D eigenvalue weighted by Crippen LogP contribution is -2.12. The number of carboxylic acids is 1. The summed E-state index contributed by atoms with van der Waals surface area (Å²) >= 11 is 0. The topological polar surface area (TPSA) is 118 Å². The molecule has 0 fully saturated rings. The molecule has 0 spiro atoms. The summed E-state index contributed by atoms with van der Waals surface area (Å²) in [4.78, 5) is 19.0. The van der Waals surface area contributed by atoms with Crippen molar-refractivity contribution in [2.75, 3.05) is 7.05 Å². The van der Waals surface area contributed by atoms with E-state index in [2.05, 4.69) is 22.1 Å². The first-order valence-corrected chi connectivity index (χ1v) is 9.11. The monoisotopic (exact) mass is 387 g/mol. The molecule has 0 unspecified atom stereocenters. The first-order chi connectivity index (χ1) is 13.8. The molecule has 0 radical (unpaired) electrons. The number of aliphatic imine (C=N–C) groups is 1. The van der Waals surface area contributed by atoms with Gasteiger partial charge >= 0.3 is 5.97 Å². The molecular weight excluding hydrogens is 366 g/mol. The van der Waals surface area contributed by atoms with Crippen LogP contribution in [0.2, 0.25) is 0 Å². The fourth-order valence-corrected chi connectivity index (χ4v) is 3.90. The predicted octanol–water partition coefficient (Wildman–Crippen LogP) is 3.51. The van der Waals surface area contributed by atoms with Crippen LogP contribution in [0.4, 0.5) is 0 Å². The highest BCUT2D eigenvalue weighted by Gasteiger charge is 2.29. The van der Waals surface area contributed by atoms with Gasteiger partial charge in [0.1, 0.15) is 18.7 Å². The molecule has 0 aliphatic heterocycles. The molecule has 0 bridgehead atoms. The van der Waals surface area contributed by atoms with Crippen LogP contribution in [-0.4, -0.2) is 33.4 Å². The lowest BCUT2D eigenvalue weighted by Gasteiger charge is -2.16. The number of carboxylic acid groups (broad SMARTS) is 1. The number of aryl methyl sites for hydroxylation is 1. The lowest BCUT2D eigenvalue weighted by atomic mass is 9.94. The molecule has 2 heterocycles. The molecule has 0 amide bonds. The molecule has 0 saturated carbocycles. The highest BCUT2D eigenvalue weighted by atomic mass is 16.4. The van der Waals surface area contributed by atoms with Gasteiger partial charge in [-0.1, -0.05) is 0 Å². The average molecular weight is 387 g/mol. The summed E-state index contributed by atoms with van der Waals surface area (Å²) in [6, 6.07) is 8.12. The van der Waals surface area contributed by atoms with Crippen molar-refractivity contribution >= 4 is 17.3 Å². The molecule has 146 valence electrons. The molecule has 0 saturated heterocycles. The van der Waals surface area contributed by atoms with E-state index in [1.54, 1.807) is 23.9 Å². The van der Waals surface area contributed by atoms with Gasteiger partial charge in [0.15, 0.2) is 0 Å². The maximum atomic E-state index is 11.4. The minimum absolute atomic E-state index is 0.189. The maximum Gasteiger partial charge on any atom is 0.323 e. The Kier molecular flexibility index (Phi) is 5.25. The average Bonchev–Trinajstić information content (AvgIpc) is 3.33. The third-order valence-corrected chi connectivity index (χ3v) is 5.33. The van der Waals surface area contributed by atoms with Gasteiger partial charge in [0.2, 0.25) is 0 Å². The number of allylic oxidation sites excluding steroid dienone is 3. The van der Waals surface area contributed by atoms with Crippen molar-refractivity contribution in [1.29, 1.82) is 10.5 Å². The minimum atomic E-state index is -0.948. The van der Waals surface area contributed by atoms with Crippen molar-refractivity contribution in [3.05, 3.63) is 63.3 Å². The Morgan fingerprint density at radius 2 is 2.03 bits per heavy atom. The number of aromatic amines is 1. The molecular formula is C22H21N5O2. The van der Waals surface area contributed by atoms with Gasteiger partial charge in [-0.3, -0.25) is 9.79 Å².